The van der Waals surface area contributed by atoms with Crippen LogP contribution in [0.15, 0.2) is 10.5 Å². The predicted molar refractivity (Wildman–Crippen MR) is 62.1 cm³/mol. The minimum Gasteiger partial charge on any atom is -0.466 e. The van der Waals surface area contributed by atoms with E-state index in [0.29, 0.717) is 0 Å². The molecule has 1 aromatic rings. The molecule has 1 unspecified atom stereocenters. The number of fused-ring (bicyclic) bond motifs is 1. The fourth-order valence-electron chi connectivity index (χ4n) is 2.56. The molecule has 1 aliphatic rings. The largest absolute Gasteiger partial charge is 0.466 e. The average Bonchev–Trinajstić information content (AvgIpc) is 2.42. The summed E-state index contributed by atoms with van der Waals surface area (Å²) in [5.41, 5.74) is 1.34. The summed E-state index contributed by atoms with van der Waals surface area (Å²) >= 11 is 0. The van der Waals surface area contributed by atoms with Crippen molar-refractivity contribution in [1.82, 2.24) is 5.32 Å². The highest BCUT2D eigenvalue weighted by atomic mass is 16.3. The van der Waals surface area contributed by atoms with Crippen LogP contribution in [0.2, 0.25) is 0 Å². The molecular weight excluding hydrogens is 202 g/mol. The fraction of sp³-hybridized carbons (Fsp3) is 0.615. The average molecular weight is 221 g/mol. The number of nitrogens with one attached hydrogen (secondary N) is 1. The van der Waals surface area contributed by atoms with Crippen molar-refractivity contribution in [2.45, 2.75) is 46.6 Å². The molecule has 1 atom stereocenters. The zero-order valence-electron chi connectivity index (χ0n) is 10.4. The smallest absolute Gasteiger partial charge is 0.217 e. The van der Waals surface area contributed by atoms with Crippen molar-refractivity contribution in [3.05, 3.63) is 23.2 Å². The number of aryl methyl sites for hydroxylation is 1. The van der Waals surface area contributed by atoms with Crippen molar-refractivity contribution in [3.63, 3.8) is 0 Å². The van der Waals surface area contributed by atoms with Crippen LogP contribution in [0.5, 0.6) is 0 Å². The third-order valence-electron chi connectivity index (χ3n) is 3.11. The van der Waals surface area contributed by atoms with Gasteiger partial charge in [0.15, 0.2) is 0 Å². The Bertz CT molecular complexity index is 418. The number of carbonyl (C=O) groups excluding carboxylic acids is 1. The molecule has 1 amide bonds. The summed E-state index contributed by atoms with van der Waals surface area (Å²) in [4.78, 5) is 11.2. The van der Waals surface area contributed by atoms with Gasteiger partial charge >= 0.3 is 0 Å². The second kappa shape index (κ2) is 3.65. The quantitative estimate of drug-likeness (QED) is 0.792. The number of hydrogen-bond acceptors (Lipinski definition) is 2. The Kier molecular flexibility index (Phi) is 2.56. The van der Waals surface area contributed by atoms with E-state index in [1.165, 1.54) is 0 Å². The molecule has 1 aromatic heterocycles. The summed E-state index contributed by atoms with van der Waals surface area (Å²) in [6, 6.07) is 2.15. The van der Waals surface area contributed by atoms with E-state index in [0.717, 1.165) is 29.9 Å². The van der Waals surface area contributed by atoms with Gasteiger partial charge in [0.05, 0.1) is 6.04 Å². The first-order valence-corrected chi connectivity index (χ1v) is 5.74. The molecule has 0 bridgehead atoms. The van der Waals surface area contributed by atoms with Crippen LogP contribution in [0.4, 0.5) is 0 Å². The van der Waals surface area contributed by atoms with Gasteiger partial charge in [-0.3, -0.25) is 4.79 Å². The molecule has 16 heavy (non-hydrogen) atoms. The molecule has 3 nitrogen and oxygen atoms in total. The van der Waals surface area contributed by atoms with Gasteiger partial charge in [-0.25, -0.2) is 0 Å². The van der Waals surface area contributed by atoms with Crippen LogP contribution in [0.25, 0.3) is 0 Å². The highest BCUT2D eigenvalue weighted by Gasteiger charge is 2.35. The first-order valence-electron chi connectivity index (χ1n) is 5.74. The zero-order chi connectivity index (χ0) is 11.9. The SMILES string of the molecule is CC(=O)NC1CC(C)(C)Cc2oc(C)cc21. The Morgan fingerprint density at radius 3 is 2.88 bits per heavy atom. The van der Waals surface area contributed by atoms with Crippen molar-refractivity contribution in [2.75, 3.05) is 0 Å². The third-order valence-corrected chi connectivity index (χ3v) is 3.11. The van der Waals surface area contributed by atoms with E-state index in [1.807, 2.05) is 13.0 Å². The Morgan fingerprint density at radius 2 is 2.25 bits per heavy atom. The van der Waals surface area contributed by atoms with Crippen molar-refractivity contribution < 1.29 is 9.21 Å². The van der Waals surface area contributed by atoms with Gasteiger partial charge < -0.3 is 9.73 Å². The maximum atomic E-state index is 11.2. The van der Waals surface area contributed by atoms with Gasteiger partial charge in [-0.15, -0.1) is 0 Å². The molecule has 0 aromatic carbocycles. The van der Waals surface area contributed by atoms with Gasteiger partial charge in [0, 0.05) is 18.9 Å². The van der Waals surface area contributed by atoms with E-state index in [2.05, 4.69) is 19.2 Å². The lowest BCUT2D eigenvalue weighted by Gasteiger charge is -2.34. The predicted octanol–water partition coefficient (Wildman–Crippen LogP) is 2.74. The molecule has 0 fully saturated rings. The Hall–Kier alpha value is -1.25. The van der Waals surface area contributed by atoms with E-state index in [1.54, 1.807) is 6.92 Å². The number of carbonyl (C=O) groups is 1. The zero-order valence-corrected chi connectivity index (χ0v) is 10.4. The maximum absolute atomic E-state index is 11.2. The summed E-state index contributed by atoms with van der Waals surface area (Å²) < 4.78 is 5.70. The van der Waals surface area contributed by atoms with Crippen molar-refractivity contribution in [1.29, 1.82) is 0 Å². The molecule has 0 radical (unpaired) electrons. The molecular formula is C13H19NO2. The topological polar surface area (TPSA) is 42.2 Å². The third kappa shape index (κ3) is 2.13. The minimum atomic E-state index is 0.0208. The second-order valence-corrected chi connectivity index (χ2v) is 5.53. The minimum absolute atomic E-state index is 0.0208. The fourth-order valence-corrected chi connectivity index (χ4v) is 2.56. The van der Waals surface area contributed by atoms with E-state index in [9.17, 15) is 4.79 Å². The van der Waals surface area contributed by atoms with Crippen LogP contribution < -0.4 is 5.32 Å². The molecule has 3 heteroatoms. The standard InChI is InChI=1S/C13H19NO2/c1-8-5-10-11(14-9(2)15)6-13(3,4)7-12(10)16-8/h5,11H,6-7H2,1-4H3,(H,14,15). The molecule has 88 valence electrons. The first-order chi connectivity index (χ1) is 7.37. The van der Waals surface area contributed by atoms with Gasteiger partial charge in [0.2, 0.25) is 5.91 Å². The number of hydrogen-bond donors (Lipinski definition) is 1. The summed E-state index contributed by atoms with van der Waals surface area (Å²) in [5, 5.41) is 3.01. The molecule has 1 aliphatic carbocycles. The molecule has 2 rings (SSSR count). The number of rotatable bonds is 1. The van der Waals surface area contributed by atoms with Crippen LogP contribution in [0.3, 0.4) is 0 Å². The lowest BCUT2D eigenvalue weighted by atomic mass is 9.75. The Morgan fingerprint density at radius 1 is 1.56 bits per heavy atom. The van der Waals surface area contributed by atoms with Gasteiger partial charge in [-0.2, -0.15) is 0 Å². The van der Waals surface area contributed by atoms with Crippen LogP contribution >= 0.6 is 0 Å². The highest BCUT2D eigenvalue weighted by Crippen LogP contribution is 2.41. The van der Waals surface area contributed by atoms with E-state index < -0.39 is 0 Å². The first kappa shape index (κ1) is 11.2. The molecule has 0 aliphatic heterocycles. The summed E-state index contributed by atoms with van der Waals surface area (Å²) in [5.74, 6) is 1.98. The Balaban J connectivity index is 2.35. The van der Waals surface area contributed by atoms with Gasteiger partial charge in [-0.1, -0.05) is 13.8 Å². The molecule has 1 heterocycles. The van der Waals surface area contributed by atoms with E-state index in [4.69, 9.17) is 4.42 Å². The normalized spacial score (nSPS) is 22.6. The Labute approximate surface area is 96.2 Å². The molecule has 0 spiro atoms. The van der Waals surface area contributed by atoms with E-state index >= 15 is 0 Å². The molecule has 1 N–H and O–H groups in total. The van der Waals surface area contributed by atoms with Gasteiger partial charge in [0.25, 0.3) is 0 Å². The van der Waals surface area contributed by atoms with Crippen LogP contribution in [-0.2, 0) is 11.2 Å². The van der Waals surface area contributed by atoms with E-state index in [-0.39, 0.29) is 17.4 Å². The molecule has 0 saturated heterocycles. The lowest BCUT2D eigenvalue weighted by Crippen LogP contribution is -2.34. The van der Waals surface area contributed by atoms with Gasteiger partial charge in [0.1, 0.15) is 11.5 Å². The summed E-state index contributed by atoms with van der Waals surface area (Å²) in [6.45, 7) is 7.94. The van der Waals surface area contributed by atoms with Crippen molar-refractivity contribution >= 4 is 5.91 Å². The van der Waals surface area contributed by atoms with Crippen molar-refractivity contribution in [2.24, 2.45) is 5.41 Å². The van der Waals surface area contributed by atoms with Crippen LogP contribution in [0, 0.1) is 12.3 Å². The summed E-state index contributed by atoms with van der Waals surface area (Å²) in [7, 11) is 0. The number of amides is 1. The maximum Gasteiger partial charge on any atom is 0.217 e. The van der Waals surface area contributed by atoms with Crippen LogP contribution in [-0.4, -0.2) is 5.91 Å². The highest BCUT2D eigenvalue weighted by molar-refractivity contribution is 5.73. The number of furan rings is 1. The second-order valence-electron chi connectivity index (χ2n) is 5.53. The molecule has 0 saturated carbocycles. The monoisotopic (exact) mass is 221 g/mol. The van der Waals surface area contributed by atoms with Gasteiger partial charge in [-0.05, 0) is 24.8 Å². The van der Waals surface area contributed by atoms with Crippen molar-refractivity contribution in [3.8, 4) is 0 Å². The van der Waals surface area contributed by atoms with Crippen LogP contribution in [0.1, 0.15) is 50.3 Å². The summed E-state index contributed by atoms with van der Waals surface area (Å²) in [6.07, 6.45) is 1.92. The lowest BCUT2D eigenvalue weighted by molar-refractivity contribution is -0.120.